The maximum absolute atomic E-state index is 14.0. The Hall–Kier alpha value is -3.54. The standard InChI is InChI=1S/C30H34N4O2/c1-20-8-7-9-22(18-20)19-33-26-12-5-3-10-24(26)21(2)28(33)29(35)32-16-14-23(15-17-32)34-27-13-6-4-11-25(27)31-30(34)36/h4,6-9,11,13,18,23H,3,5,10,12,14-17,19H2,1-2H3,(H,31,36). The summed E-state index contributed by atoms with van der Waals surface area (Å²) in [6, 6.07) is 16.6. The third-order valence-corrected chi connectivity index (χ3v) is 8.21. The number of aryl methyl sites for hydroxylation is 1. The van der Waals surface area contributed by atoms with Crippen molar-refractivity contribution in [1.29, 1.82) is 0 Å². The highest BCUT2D eigenvalue weighted by atomic mass is 16.2. The summed E-state index contributed by atoms with van der Waals surface area (Å²) in [5, 5.41) is 0. The van der Waals surface area contributed by atoms with Gasteiger partial charge in [-0.2, -0.15) is 0 Å². The lowest BCUT2D eigenvalue weighted by atomic mass is 9.95. The third kappa shape index (κ3) is 3.89. The molecule has 0 saturated carbocycles. The molecule has 36 heavy (non-hydrogen) atoms. The van der Waals surface area contributed by atoms with Gasteiger partial charge >= 0.3 is 5.69 Å². The van der Waals surface area contributed by atoms with Crippen molar-refractivity contribution in [3.05, 3.63) is 92.7 Å². The zero-order chi connectivity index (χ0) is 24.8. The number of imidazole rings is 1. The van der Waals surface area contributed by atoms with Crippen LogP contribution in [0.4, 0.5) is 0 Å². The van der Waals surface area contributed by atoms with Crippen LogP contribution in [-0.4, -0.2) is 38.0 Å². The summed E-state index contributed by atoms with van der Waals surface area (Å²) >= 11 is 0. The Morgan fingerprint density at radius 3 is 2.58 bits per heavy atom. The minimum absolute atomic E-state index is 0.0588. The van der Waals surface area contributed by atoms with Crippen LogP contribution in [0.3, 0.4) is 0 Å². The lowest BCUT2D eigenvalue weighted by Crippen LogP contribution is -2.41. The average molecular weight is 483 g/mol. The second-order valence-corrected chi connectivity index (χ2v) is 10.5. The molecule has 3 heterocycles. The van der Waals surface area contributed by atoms with Gasteiger partial charge < -0.3 is 14.5 Å². The maximum atomic E-state index is 14.0. The molecule has 1 amide bonds. The van der Waals surface area contributed by atoms with Crippen LogP contribution < -0.4 is 5.69 Å². The van der Waals surface area contributed by atoms with E-state index in [1.165, 1.54) is 35.2 Å². The van der Waals surface area contributed by atoms with E-state index in [0.29, 0.717) is 13.1 Å². The van der Waals surface area contributed by atoms with Gasteiger partial charge in [-0.25, -0.2) is 4.79 Å². The first-order chi connectivity index (χ1) is 17.5. The minimum atomic E-state index is -0.0588. The Labute approximate surface area is 211 Å². The summed E-state index contributed by atoms with van der Waals surface area (Å²) < 4.78 is 4.21. The Balaban J connectivity index is 1.28. The first-order valence-electron chi connectivity index (χ1n) is 13.3. The molecule has 2 aliphatic rings. The molecule has 0 unspecified atom stereocenters. The van der Waals surface area contributed by atoms with Crippen LogP contribution in [0.25, 0.3) is 11.0 Å². The Bertz CT molecular complexity index is 1500. The van der Waals surface area contributed by atoms with Crippen LogP contribution in [-0.2, 0) is 19.4 Å². The highest BCUT2D eigenvalue weighted by molar-refractivity contribution is 5.95. The summed E-state index contributed by atoms with van der Waals surface area (Å²) in [4.78, 5) is 31.7. The van der Waals surface area contributed by atoms with Gasteiger partial charge in [0, 0.05) is 31.4 Å². The molecule has 6 heteroatoms. The number of para-hydroxylation sites is 2. The highest BCUT2D eigenvalue weighted by Crippen LogP contribution is 2.33. The molecule has 6 nitrogen and oxygen atoms in total. The number of H-pyrrole nitrogens is 1. The Morgan fingerprint density at radius 1 is 1.00 bits per heavy atom. The van der Waals surface area contributed by atoms with Crippen molar-refractivity contribution in [2.75, 3.05) is 13.1 Å². The average Bonchev–Trinajstić information content (AvgIpc) is 3.37. The van der Waals surface area contributed by atoms with Crippen molar-refractivity contribution >= 4 is 16.9 Å². The third-order valence-electron chi connectivity index (χ3n) is 8.21. The lowest BCUT2D eigenvalue weighted by molar-refractivity contribution is 0.0683. The zero-order valence-electron chi connectivity index (χ0n) is 21.2. The van der Waals surface area contributed by atoms with Crippen molar-refractivity contribution in [1.82, 2.24) is 19.0 Å². The van der Waals surface area contributed by atoms with E-state index >= 15 is 0 Å². The number of nitrogens with one attached hydrogen (secondary N) is 1. The van der Waals surface area contributed by atoms with E-state index in [4.69, 9.17) is 0 Å². The van der Waals surface area contributed by atoms with Crippen molar-refractivity contribution in [3.63, 3.8) is 0 Å². The van der Waals surface area contributed by atoms with Gasteiger partial charge in [-0.05, 0) is 81.2 Å². The van der Waals surface area contributed by atoms with Gasteiger partial charge in [0.05, 0.1) is 11.0 Å². The number of carbonyl (C=O) groups is 1. The molecular weight excluding hydrogens is 448 g/mol. The number of likely N-dealkylation sites (tertiary alicyclic amines) is 1. The van der Waals surface area contributed by atoms with Gasteiger partial charge in [0.25, 0.3) is 5.91 Å². The summed E-state index contributed by atoms with van der Waals surface area (Å²) in [6.45, 7) is 6.32. The van der Waals surface area contributed by atoms with Gasteiger partial charge in [0.1, 0.15) is 5.69 Å². The van der Waals surface area contributed by atoms with Crippen LogP contribution in [0.15, 0.2) is 53.3 Å². The number of rotatable bonds is 4. The highest BCUT2D eigenvalue weighted by Gasteiger charge is 2.32. The van der Waals surface area contributed by atoms with Crippen LogP contribution in [0.1, 0.15) is 70.2 Å². The fourth-order valence-electron chi connectivity index (χ4n) is 6.43. The van der Waals surface area contributed by atoms with Gasteiger partial charge in [0.2, 0.25) is 0 Å². The molecule has 1 N–H and O–H groups in total. The number of aromatic amines is 1. The second-order valence-electron chi connectivity index (χ2n) is 10.5. The normalized spacial score (nSPS) is 16.4. The number of nitrogens with zero attached hydrogens (tertiary/aromatic N) is 3. The largest absolute Gasteiger partial charge is 0.337 e. The monoisotopic (exact) mass is 482 g/mol. The summed E-state index contributed by atoms with van der Waals surface area (Å²) in [5.41, 5.74) is 9.01. The number of hydrogen-bond donors (Lipinski definition) is 1. The van der Waals surface area contributed by atoms with E-state index in [1.54, 1.807) is 0 Å². The van der Waals surface area contributed by atoms with E-state index < -0.39 is 0 Å². The topological polar surface area (TPSA) is 63.0 Å². The van der Waals surface area contributed by atoms with Crippen LogP contribution in [0.2, 0.25) is 0 Å². The molecule has 6 rings (SSSR count). The van der Waals surface area contributed by atoms with Gasteiger partial charge in [0.15, 0.2) is 0 Å². The first kappa shape index (κ1) is 22.9. The SMILES string of the molecule is Cc1cccc(Cn2c3c(c(C)c2C(=O)N2CCC(n4c(=O)[nH]c5ccccc54)CC2)CCCC3)c1. The van der Waals surface area contributed by atoms with Crippen molar-refractivity contribution in [2.24, 2.45) is 0 Å². The maximum Gasteiger partial charge on any atom is 0.326 e. The second kappa shape index (κ2) is 9.16. The Kier molecular flexibility index (Phi) is 5.82. The van der Waals surface area contributed by atoms with Crippen molar-refractivity contribution in [2.45, 2.75) is 65.0 Å². The number of amides is 1. The van der Waals surface area contributed by atoms with E-state index in [0.717, 1.165) is 54.5 Å². The number of benzene rings is 2. The van der Waals surface area contributed by atoms with Gasteiger partial charge in [-0.15, -0.1) is 0 Å². The molecule has 1 aliphatic heterocycles. The smallest absolute Gasteiger partial charge is 0.326 e. The Morgan fingerprint density at radius 2 is 1.78 bits per heavy atom. The number of hydrogen-bond acceptors (Lipinski definition) is 2. The number of fused-ring (bicyclic) bond motifs is 2. The minimum Gasteiger partial charge on any atom is -0.337 e. The molecule has 2 aromatic heterocycles. The first-order valence-corrected chi connectivity index (χ1v) is 13.3. The van der Waals surface area contributed by atoms with E-state index in [9.17, 15) is 9.59 Å². The fourth-order valence-corrected chi connectivity index (χ4v) is 6.43. The number of aromatic nitrogens is 3. The summed E-state index contributed by atoms with van der Waals surface area (Å²) in [6.07, 6.45) is 6.05. The number of carbonyl (C=O) groups excluding carboxylic acids is 1. The predicted molar refractivity (Wildman–Crippen MR) is 143 cm³/mol. The quantitative estimate of drug-likeness (QED) is 0.437. The summed E-state index contributed by atoms with van der Waals surface area (Å²) in [7, 11) is 0. The predicted octanol–water partition coefficient (Wildman–Crippen LogP) is 5.15. The van der Waals surface area contributed by atoms with E-state index in [2.05, 4.69) is 47.7 Å². The van der Waals surface area contributed by atoms with E-state index in [-0.39, 0.29) is 17.6 Å². The molecule has 0 spiro atoms. The molecule has 1 fully saturated rings. The molecular formula is C30H34N4O2. The number of piperidine rings is 1. The van der Waals surface area contributed by atoms with Crippen molar-refractivity contribution < 1.29 is 4.79 Å². The molecule has 186 valence electrons. The molecule has 0 atom stereocenters. The zero-order valence-corrected chi connectivity index (χ0v) is 21.2. The summed E-state index contributed by atoms with van der Waals surface area (Å²) in [5.74, 6) is 0.138. The molecule has 1 aliphatic carbocycles. The lowest BCUT2D eigenvalue weighted by Gasteiger charge is -2.33. The molecule has 1 saturated heterocycles. The molecule has 0 bridgehead atoms. The van der Waals surface area contributed by atoms with E-state index in [1.807, 2.05) is 33.7 Å². The molecule has 2 aromatic carbocycles. The van der Waals surface area contributed by atoms with Gasteiger partial charge in [-0.1, -0.05) is 42.0 Å². The van der Waals surface area contributed by atoms with Crippen LogP contribution in [0.5, 0.6) is 0 Å². The van der Waals surface area contributed by atoms with Crippen molar-refractivity contribution in [3.8, 4) is 0 Å². The van der Waals surface area contributed by atoms with Gasteiger partial charge in [-0.3, -0.25) is 9.36 Å². The van der Waals surface area contributed by atoms with Crippen LogP contribution >= 0.6 is 0 Å². The van der Waals surface area contributed by atoms with Crippen LogP contribution in [0, 0.1) is 13.8 Å². The molecule has 0 radical (unpaired) electrons. The fraction of sp³-hybridized carbons (Fsp3) is 0.400. The molecule has 4 aromatic rings.